The van der Waals surface area contributed by atoms with Crippen LogP contribution in [-0.4, -0.2) is 19.7 Å². The van der Waals surface area contributed by atoms with Gasteiger partial charge in [0.25, 0.3) is 0 Å². The summed E-state index contributed by atoms with van der Waals surface area (Å²) in [5.41, 5.74) is 1.35. The van der Waals surface area contributed by atoms with Gasteiger partial charge in [0.05, 0.1) is 12.1 Å². The second kappa shape index (κ2) is 6.44. The second-order valence-corrected chi connectivity index (χ2v) is 5.80. The smallest absolute Gasteiger partial charge is 0.137 e. The normalized spacial score (nSPS) is 13.4. The highest BCUT2D eigenvalue weighted by atomic mass is 35.5. The molecule has 0 amide bonds. The van der Waals surface area contributed by atoms with Gasteiger partial charge in [-0.05, 0) is 43.0 Å². The van der Waals surface area contributed by atoms with Gasteiger partial charge in [0.1, 0.15) is 5.75 Å². The molecule has 18 heavy (non-hydrogen) atoms. The molecule has 0 aromatic heterocycles. The number of halogens is 1. The van der Waals surface area contributed by atoms with E-state index in [2.05, 4.69) is 39.1 Å². The zero-order valence-electron chi connectivity index (χ0n) is 12.0. The number of rotatable bonds is 6. The Bertz CT molecular complexity index is 390. The Kier molecular flexibility index (Phi) is 5.48. The summed E-state index contributed by atoms with van der Waals surface area (Å²) >= 11 is 6.06. The molecule has 0 aliphatic rings. The fourth-order valence-electron chi connectivity index (χ4n) is 2.38. The molecule has 3 heteroatoms. The maximum Gasteiger partial charge on any atom is 0.137 e. The first-order chi connectivity index (χ1) is 8.40. The van der Waals surface area contributed by atoms with Gasteiger partial charge in [-0.15, -0.1) is 0 Å². The summed E-state index contributed by atoms with van der Waals surface area (Å²) in [5, 5.41) is 4.12. The Morgan fingerprint density at radius 1 is 1.39 bits per heavy atom. The topological polar surface area (TPSA) is 21.3 Å². The molecule has 0 heterocycles. The summed E-state index contributed by atoms with van der Waals surface area (Å²) < 4.78 is 5.29. The molecule has 102 valence electrons. The Hall–Kier alpha value is -0.730. The van der Waals surface area contributed by atoms with E-state index in [1.54, 1.807) is 7.11 Å². The lowest BCUT2D eigenvalue weighted by atomic mass is 9.79. The van der Waals surface area contributed by atoms with Gasteiger partial charge in [0, 0.05) is 6.04 Å². The quantitative estimate of drug-likeness (QED) is 0.842. The minimum atomic E-state index is 0.0967. The third-order valence-corrected chi connectivity index (χ3v) is 3.61. The van der Waals surface area contributed by atoms with E-state index in [0.29, 0.717) is 11.1 Å². The maximum absolute atomic E-state index is 6.06. The molecule has 1 aromatic carbocycles. The van der Waals surface area contributed by atoms with Crippen LogP contribution in [0.15, 0.2) is 18.2 Å². The maximum atomic E-state index is 6.06. The van der Waals surface area contributed by atoms with Crippen molar-refractivity contribution < 1.29 is 4.74 Å². The van der Waals surface area contributed by atoms with E-state index in [0.717, 1.165) is 18.7 Å². The molecule has 1 unspecified atom stereocenters. The standard InChI is InChI=1S/C15H24ClNO/c1-6-17-11(2)10-15(3,4)12-7-8-13(16)14(9-12)18-5/h7-9,11,17H,6,10H2,1-5H3. The highest BCUT2D eigenvalue weighted by molar-refractivity contribution is 6.32. The molecule has 2 nitrogen and oxygen atoms in total. The van der Waals surface area contributed by atoms with Gasteiger partial charge >= 0.3 is 0 Å². The zero-order valence-corrected chi connectivity index (χ0v) is 12.8. The molecule has 1 rings (SSSR count). The highest BCUT2D eigenvalue weighted by Crippen LogP contribution is 2.34. The van der Waals surface area contributed by atoms with Crippen LogP contribution in [0.3, 0.4) is 0 Å². The number of ether oxygens (including phenoxy) is 1. The van der Waals surface area contributed by atoms with Crippen LogP contribution < -0.4 is 10.1 Å². The molecular formula is C15H24ClNO. The summed E-state index contributed by atoms with van der Waals surface area (Å²) in [6, 6.07) is 6.53. The average molecular weight is 270 g/mol. The van der Waals surface area contributed by atoms with Gasteiger partial charge in [0.15, 0.2) is 0 Å². The van der Waals surface area contributed by atoms with E-state index in [1.165, 1.54) is 5.56 Å². The summed E-state index contributed by atoms with van der Waals surface area (Å²) in [4.78, 5) is 0. The van der Waals surface area contributed by atoms with Crippen LogP contribution in [0.2, 0.25) is 5.02 Å². The first-order valence-electron chi connectivity index (χ1n) is 6.48. The SMILES string of the molecule is CCNC(C)CC(C)(C)c1ccc(Cl)c(OC)c1. The third kappa shape index (κ3) is 3.89. The van der Waals surface area contributed by atoms with Crippen LogP contribution in [0.25, 0.3) is 0 Å². The van der Waals surface area contributed by atoms with Crippen LogP contribution in [0.5, 0.6) is 5.75 Å². The summed E-state index contributed by atoms with van der Waals surface area (Å²) in [6.07, 6.45) is 1.08. The predicted octanol–water partition coefficient (Wildman–Crippen LogP) is 4.01. The number of nitrogens with one attached hydrogen (secondary N) is 1. The lowest BCUT2D eigenvalue weighted by Crippen LogP contribution is -2.33. The summed E-state index contributed by atoms with van der Waals surface area (Å²) in [5.74, 6) is 0.748. The van der Waals surface area contributed by atoms with Crippen molar-refractivity contribution in [3.8, 4) is 5.75 Å². The molecule has 1 aromatic rings. The molecule has 0 spiro atoms. The number of hydrogen-bond donors (Lipinski definition) is 1. The Balaban J connectivity index is 2.90. The van der Waals surface area contributed by atoms with Crippen molar-refractivity contribution in [3.05, 3.63) is 28.8 Å². The Morgan fingerprint density at radius 2 is 2.06 bits per heavy atom. The zero-order chi connectivity index (χ0) is 13.8. The number of methoxy groups -OCH3 is 1. The third-order valence-electron chi connectivity index (χ3n) is 3.30. The van der Waals surface area contributed by atoms with Gasteiger partial charge in [-0.2, -0.15) is 0 Å². The second-order valence-electron chi connectivity index (χ2n) is 5.40. The molecule has 1 N–H and O–H groups in total. The average Bonchev–Trinajstić information content (AvgIpc) is 2.28. The van der Waals surface area contributed by atoms with E-state index in [4.69, 9.17) is 16.3 Å². The Labute approximate surface area is 116 Å². The molecule has 0 bridgehead atoms. The lowest BCUT2D eigenvalue weighted by Gasteiger charge is -2.29. The van der Waals surface area contributed by atoms with Crippen LogP contribution in [0, 0.1) is 0 Å². The Morgan fingerprint density at radius 3 is 2.61 bits per heavy atom. The summed E-state index contributed by atoms with van der Waals surface area (Å²) in [6.45, 7) is 9.86. The van der Waals surface area contributed by atoms with E-state index < -0.39 is 0 Å². The minimum Gasteiger partial charge on any atom is -0.495 e. The predicted molar refractivity (Wildman–Crippen MR) is 78.8 cm³/mol. The van der Waals surface area contributed by atoms with Crippen LogP contribution in [-0.2, 0) is 5.41 Å². The van der Waals surface area contributed by atoms with Crippen molar-refractivity contribution in [3.63, 3.8) is 0 Å². The monoisotopic (exact) mass is 269 g/mol. The van der Waals surface area contributed by atoms with Gasteiger partial charge in [-0.3, -0.25) is 0 Å². The van der Waals surface area contributed by atoms with E-state index >= 15 is 0 Å². The van der Waals surface area contributed by atoms with Crippen molar-refractivity contribution in [2.45, 2.75) is 45.6 Å². The van der Waals surface area contributed by atoms with Crippen molar-refractivity contribution in [2.75, 3.05) is 13.7 Å². The van der Waals surface area contributed by atoms with Gasteiger partial charge in [-0.25, -0.2) is 0 Å². The molecular weight excluding hydrogens is 246 g/mol. The van der Waals surface area contributed by atoms with Crippen molar-refractivity contribution in [1.29, 1.82) is 0 Å². The van der Waals surface area contributed by atoms with E-state index in [9.17, 15) is 0 Å². The molecule has 0 aliphatic carbocycles. The molecule has 0 aliphatic heterocycles. The van der Waals surface area contributed by atoms with Crippen LogP contribution in [0.1, 0.15) is 39.7 Å². The van der Waals surface area contributed by atoms with Crippen molar-refractivity contribution >= 4 is 11.6 Å². The molecule has 0 saturated heterocycles. The minimum absolute atomic E-state index is 0.0967. The first kappa shape index (κ1) is 15.3. The molecule has 0 fully saturated rings. The molecule has 1 atom stereocenters. The summed E-state index contributed by atoms with van der Waals surface area (Å²) in [7, 11) is 1.65. The largest absolute Gasteiger partial charge is 0.495 e. The van der Waals surface area contributed by atoms with Crippen molar-refractivity contribution in [2.24, 2.45) is 0 Å². The van der Waals surface area contributed by atoms with Gasteiger partial charge in [0.2, 0.25) is 0 Å². The van der Waals surface area contributed by atoms with E-state index in [1.807, 2.05) is 12.1 Å². The van der Waals surface area contributed by atoms with Crippen LogP contribution >= 0.6 is 11.6 Å². The van der Waals surface area contributed by atoms with E-state index in [-0.39, 0.29) is 5.41 Å². The van der Waals surface area contributed by atoms with Crippen molar-refractivity contribution in [1.82, 2.24) is 5.32 Å². The fraction of sp³-hybridized carbons (Fsp3) is 0.600. The highest BCUT2D eigenvalue weighted by Gasteiger charge is 2.24. The van der Waals surface area contributed by atoms with Crippen LogP contribution in [0.4, 0.5) is 0 Å². The lowest BCUT2D eigenvalue weighted by molar-refractivity contribution is 0.387. The van der Waals surface area contributed by atoms with Gasteiger partial charge in [-0.1, -0.05) is 38.4 Å². The molecule has 0 radical (unpaired) electrons. The number of hydrogen-bond acceptors (Lipinski definition) is 2. The van der Waals surface area contributed by atoms with Gasteiger partial charge < -0.3 is 10.1 Å². The fourth-order valence-corrected chi connectivity index (χ4v) is 2.58. The number of benzene rings is 1. The first-order valence-corrected chi connectivity index (χ1v) is 6.86. The molecule has 0 saturated carbocycles.